The molecule has 3 rings (SSSR count). The normalized spacial score (nSPS) is 10.8. The fourth-order valence-corrected chi connectivity index (χ4v) is 3.20. The fraction of sp³-hybridized carbons (Fsp3) is 0.292. The molecule has 0 saturated heterocycles. The summed E-state index contributed by atoms with van der Waals surface area (Å²) in [5.74, 6) is 0.495. The predicted octanol–water partition coefficient (Wildman–Crippen LogP) is 2.80. The van der Waals surface area contributed by atoms with E-state index in [0.717, 1.165) is 17.0 Å². The summed E-state index contributed by atoms with van der Waals surface area (Å²) in [6, 6.07) is 16.9. The molecule has 0 fully saturated rings. The molecule has 0 bridgehead atoms. The molecule has 1 N–H and O–H groups in total. The average molecular weight is 436 g/mol. The molecule has 1 aromatic heterocycles. The minimum Gasteiger partial charge on any atom is -0.497 e. The molecule has 0 saturated carbocycles. The number of carbonyl (C=O) groups excluding carboxylic acids is 2. The number of nitrogens with zero attached hydrogens (tertiary/aromatic N) is 4. The monoisotopic (exact) mass is 435 g/mol. The van der Waals surface area contributed by atoms with Gasteiger partial charge in [0.2, 0.25) is 11.8 Å². The van der Waals surface area contributed by atoms with Crippen LogP contribution < -0.4 is 10.1 Å². The van der Waals surface area contributed by atoms with Crippen molar-refractivity contribution in [2.45, 2.75) is 13.5 Å². The largest absolute Gasteiger partial charge is 0.497 e. The van der Waals surface area contributed by atoms with Crippen molar-refractivity contribution in [3.63, 3.8) is 0 Å². The molecule has 0 radical (unpaired) electrons. The molecule has 2 aromatic carbocycles. The molecule has 168 valence electrons. The summed E-state index contributed by atoms with van der Waals surface area (Å²) >= 11 is 0. The number of anilines is 1. The van der Waals surface area contributed by atoms with Crippen LogP contribution in [0.3, 0.4) is 0 Å². The first-order valence-corrected chi connectivity index (χ1v) is 10.5. The lowest BCUT2D eigenvalue weighted by atomic mass is 10.3. The van der Waals surface area contributed by atoms with E-state index in [1.807, 2.05) is 48.4 Å². The van der Waals surface area contributed by atoms with Gasteiger partial charge in [-0.3, -0.25) is 14.5 Å². The Labute approximate surface area is 188 Å². The first-order chi connectivity index (χ1) is 15.5. The number of hydrogen-bond acceptors (Lipinski definition) is 5. The Balaban J connectivity index is 1.50. The summed E-state index contributed by atoms with van der Waals surface area (Å²) in [6.45, 7) is 3.25. The van der Waals surface area contributed by atoms with Crippen LogP contribution in [0, 0.1) is 0 Å². The van der Waals surface area contributed by atoms with Crippen molar-refractivity contribution < 1.29 is 14.3 Å². The number of aromatic nitrogens is 2. The second kappa shape index (κ2) is 11.1. The molecule has 0 atom stereocenters. The van der Waals surface area contributed by atoms with Crippen molar-refractivity contribution in [1.29, 1.82) is 0 Å². The fourth-order valence-electron chi connectivity index (χ4n) is 3.20. The number of methoxy groups -OCH3 is 1. The molecular weight excluding hydrogens is 406 g/mol. The average Bonchev–Trinajstić information content (AvgIpc) is 3.28. The lowest BCUT2D eigenvalue weighted by Gasteiger charge is -2.23. The van der Waals surface area contributed by atoms with E-state index in [1.165, 1.54) is 0 Å². The Morgan fingerprint density at radius 2 is 1.78 bits per heavy atom. The highest BCUT2D eigenvalue weighted by Crippen LogP contribution is 2.15. The van der Waals surface area contributed by atoms with Gasteiger partial charge in [-0.2, -0.15) is 5.10 Å². The summed E-state index contributed by atoms with van der Waals surface area (Å²) in [4.78, 5) is 28.6. The summed E-state index contributed by atoms with van der Waals surface area (Å²) in [6.07, 6.45) is 3.68. The van der Waals surface area contributed by atoms with Gasteiger partial charge in [-0.15, -0.1) is 0 Å². The SMILES string of the molecule is CCN(CC(=O)Nc1ccc(OC)cc1)CC(=O)N(C)Cc1cnn(-c2ccccc2)c1. The maximum Gasteiger partial charge on any atom is 0.238 e. The number of benzene rings is 2. The van der Waals surface area contributed by atoms with Gasteiger partial charge < -0.3 is 15.0 Å². The van der Waals surface area contributed by atoms with Crippen molar-refractivity contribution in [2.24, 2.45) is 0 Å². The zero-order chi connectivity index (χ0) is 22.9. The highest BCUT2D eigenvalue weighted by molar-refractivity contribution is 5.92. The van der Waals surface area contributed by atoms with Gasteiger partial charge in [-0.05, 0) is 42.9 Å². The standard InChI is InChI=1S/C24H29N5O3/c1-4-28(17-23(30)26-20-10-12-22(32-3)13-11-20)18-24(31)27(2)15-19-14-25-29(16-19)21-8-6-5-7-9-21/h5-14,16H,4,15,17-18H2,1-3H3,(H,26,30). The first-order valence-electron chi connectivity index (χ1n) is 10.5. The molecule has 3 aromatic rings. The Hall–Kier alpha value is -3.65. The first kappa shape index (κ1) is 23.0. The topological polar surface area (TPSA) is 79.7 Å². The molecule has 0 spiro atoms. The number of carbonyl (C=O) groups is 2. The summed E-state index contributed by atoms with van der Waals surface area (Å²) in [5.41, 5.74) is 2.59. The van der Waals surface area contributed by atoms with Crippen molar-refractivity contribution in [3.8, 4) is 11.4 Å². The van der Waals surface area contributed by atoms with E-state index in [1.54, 1.807) is 54.2 Å². The van der Waals surface area contributed by atoms with Crippen LogP contribution in [0.1, 0.15) is 12.5 Å². The lowest BCUT2D eigenvalue weighted by molar-refractivity contribution is -0.132. The number of hydrogen-bond donors (Lipinski definition) is 1. The van der Waals surface area contributed by atoms with Gasteiger partial charge in [0.1, 0.15) is 5.75 Å². The van der Waals surface area contributed by atoms with E-state index < -0.39 is 0 Å². The van der Waals surface area contributed by atoms with Crippen molar-refractivity contribution in [1.82, 2.24) is 19.6 Å². The van der Waals surface area contributed by atoms with Gasteiger partial charge in [0.05, 0.1) is 32.1 Å². The van der Waals surface area contributed by atoms with Crippen LogP contribution in [0.15, 0.2) is 67.0 Å². The Morgan fingerprint density at radius 1 is 1.06 bits per heavy atom. The van der Waals surface area contributed by atoms with Crippen LogP contribution in [-0.2, 0) is 16.1 Å². The van der Waals surface area contributed by atoms with Gasteiger partial charge in [-0.1, -0.05) is 25.1 Å². The molecule has 1 heterocycles. The van der Waals surface area contributed by atoms with E-state index in [-0.39, 0.29) is 24.9 Å². The zero-order valence-corrected chi connectivity index (χ0v) is 18.7. The van der Waals surface area contributed by atoms with Crippen LogP contribution in [0.5, 0.6) is 5.75 Å². The molecule has 0 aliphatic rings. The third kappa shape index (κ3) is 6.42. The Kier molecular flexibility index (Phi) is 7.99. The number of ether oxygens (including phenoxy) is 1. The van der Waals surface area contributed by atoms with E-state index in [2.05, 4.69) is 10.4 Å². The maximum absolute atomic E-state index is 12.7. The molecular formula is C24H29N5O3. The van der Waals surface area contributed by atoms with Crippen molar-refractivity contribution in [2.75, 3.05) is 39.1 Å². The predicted molar refractivity (Wildman–Crippen MR) is 124 cm³/mol. The Morgan fingerprint density at radius 3 is 2.44 bits per heavy atom. The summed E-state index contributed by atoms with van der Waals surface area (Å²) < 4.78 is 6.91. The number of amides is 2. The van der Waals surface area contributed by atoms with Gasteiger partial charge >= 0.3 is 0 Å². The lowest BCUT2D eigenvalue weighted by Crippen LogP contribution is -2.41. The minimum atomic E-state index is -0.170. The highest BCUT2D eigenvalue weighted by atomic mass is 16.5. The second-order valence-corrected chi connectivity index (χ2v) is 7.46. The Bertz CT molecular complexity index is 1020. The van der Waals surface area contributed by atoms with Crippen LogP contribution in [-0.4, -0.2) is 65.2 Å². The van der Waals surface area contributed by atoms with Crippen molar-refractivity contribution in [3.05, 3.63) is 72.6 Å². The number of para-hydroxylation sites is 1. The molecule has 8 nitrogen and oxygen atoms in total. The molecule has 8 heteroatoms. The van der Waals surface area contributed by atoms with Gasteiger partial charge in [0.15, 0.2) is 0 Å². The smallest absolute Gasteiger partial charge is 0.238 e. The number of nitrogens with one attached hydrogen (secondary N) is 1. The zero-order valence-electron chi connectivity index (χ0n) is 18.7. The minimum absolute atomic E-state index is 0.0587. The van der Waals surface area contributed by atoms with Gasteiger partial charge in [-0.25, -0.2) is 4.68 Å². The second-order valence-electron chi connectivity index (χ2n) is 7.46. The third-order valence-corrected chi connectivity index (χ3v) is 5.05. The molecule has 0 unspecified atom stereocenters. The van der Waals surface area contributed by atoms with Crippen LogP contribution in [0.4, 0.5) is 5.69 Å². The molecule has 0 aliphatic carbocycles. The maximum atomic E-state index is 12.7. The van der Waals surface area contributed by atoms with Crippen LogP contribution in [0.2, 0.25) is 0 Å². The van der Waals surface area contributed by atoms with E-state index in [0.29, 0.717) is 18.8 Å². The van der Waals surface area contributed by atoms with Gasteiger partial charge in [0.25, 0.3) is 0 Å². The number of rotatable bonds is 10. The van der Waals surface area contributed by atoms with Gasteiger partial charge in [0, 0.05) is 31.0 Å². The molecule has 2 amide bonds. The molecule has 0 aliphatic heterocycles. The highest BCUT2D eigenvalue weighted by Gasteiger charge is 2.17. The quantitative estimate of drug-likeness (QED) is 0.530. The van der Waals surface area contributed by atoms with Crippen LogP contribution in [0.25, 0.3) is 5.69 Å². The van der Waals surface area contributed by atoms with E-state index in [9.17, 15) is 9.59 Å². The summed E-state index contributed by atoms with van der Waals surface area (Å²) in [5, 5.41) is 7.22. The van der Waals surface area contributed by atoms with Crippen molar-refractivity contribution >= 4 is 17.5 Å². The third-order valence-electron chi connectivity index (χ3n) is 5.05. The summed E-state index contributed by atoms with van der Waals surface area (Å²) in [7, 11) is 3.35. The number of likely N-dealkylation sites (N-methyl/N-ethyl adjacent to an activating group) is 2. The molecule has 32 heavy (non-hydrogen) atoms. The van der Waals surface area contributed by atoms with Crippen LogP contribution >= 0.6 is 0 Å². The van der Waals surface area contributed by atoms with E-state index >= 15 is 0 Å². The van der Waals surface area contributed by atoms with E-state index in [4.69, 9.17) is 4.74 Å².